The summed E-state index contributed by atoms with van der Waals surface area (Å²) in [5, 5.41) is 9.71. The summed E-state index contributed by atoms with van der Waals surface area (Å²) >= 11 is 0. The Labute approximate surface area is 99.4 Å². The van der Waals surface area contributed by atoms with E-state index in [0.29, 0.717) is 6.10 Å². The van der Waals surface area contributed by atoms with Crippen LogP contribution in [-0.2, 0) is 4.74 Å². The van der Waals surface area contributed by atoms with Crippen molar-refractivity contribution in [3.63, 3.8) is 0 Å². The van der Waals surface area contributed by atoms with Crippen LogP contribution in [0.5, 0.6) is 0 Å². The molecule has 0 aromatic carbocycles. The maximum Gasteiger partial charge on any atom is 0.0687 e. The molecule has 1 spiro atoms. The van der Waals surface area contributed by atoms with Crippen LogP contribution in [0.4, 0.5) is 0 Å². The Morgan fingerprint density at radius 2 is 2.00 bits per heavy atom. The fraction of sp³-hybridized carbons (Fsp3) is 1.00. The van der Waals surface area contributed by atoms with Crippen molar-refractivity contribution in [2.75, 3.05) is 0 Å². The molecule has 94 valence electrons. The van der Waals surface area contributed by atoms with Crippen LogP contribution in [0.3, 0.4) is 0 Å². The summed E-state index contributed by atoms with van der Waals surface area (Å²) in [6.45, 7) is 2.13. The number of aliphatic hydroxyl groups excluding tert-OH is 1. The molecule has 16 heavy (non-hydrogen) atoms. The normalized spacial score (nSPS) is 30.0. The Morgan fingerprint density at radius 3 is 2.69 bits per heavy atom. The molecule has 0 radical (unpaired) electrons. The highest BCUT2D eigenvalue weighted by Gasteiger charge is 2.41. The first-order valence-electron chi connectivity index (χ1n) is 7.10. The van der Waals surface area contributed by atoms with Crippen molar-refractivity contribution in [1.82, 2.24) is 0 Å². The van der Waals surface area contributed by atoms with Crippen molar-refractivity contribution in [3.05, 3.63) is 0 Å². The van der Waals surface area contributed by atoms with E-state index < -0.39 is 0 Å². The largest absolute Gasteiger partial charge is 0.393 e. The number of hydrogen-bond donors (Lipinski definition) is 1. The van der Waals surface area contributed by atoms with Crippen LogP contribution in [0.2, 0.25) is 0 Å². The van der Waals surface area contributed by atoms with Gasteiger partial charge in [-0.05, 0) is 44.9 Å². The van der Waals surface area contributed by atoms with Gasteiger partial charge < -0.3 is 9.84 Å². The van der Waals surface area contributed by atoms with Gasteiger partial charge in [0.1, 0.15) is 0 Å². The summed E-state index contributed by atoms with van der Waals surface area (Å²) in [5.41, 5.74) is 0.264. The van der Waals surface area contributed by atoms with E-state index in [1.165, 1.54) is 38.5 Å². The third kappa shape index (κ3) is 2.98. The lowest BCUT2D eigenvalue weighted by atomic mass is 9.97. The van der Waals surface area contributed by atoms with Crippen LogP contribution in [0, 0.1) is 0 Å². The van der Waals surface area contributed by atoms with Crippen molar-refractivity contribution in [2.45, 2.75) is 88.9 Å². The number of rotatable bonds is 5. The van der Waals surface area contributed by atoms with E-state index in [1.807, 2.05) is 0 Å². The molecule has 2 aliphatic rings. The third-order valence-corrected chi connectivity index (χ3v) is 4.30. The topological polar surface area (TPSA) is 29.5 Å². The van der Waals surface area contributed by atoms with Gasteiger partial charge in [0.05, 0.1) is 17.8 Å². The fourth-order valence-corrected chi connectivity index (χ4v) is 3.34. The molecule has 2 unspecified atom stereocenters. The summed E-state index contributed by atoms with van der Waals surface area (Å²) < 4.78 is 6.23. The van der Waals surface area contributed by atoms with E-state index in [0.717, 1.165) is 25.7 Å². The van der Waals surface area contributed by atoms with E-state index in [-0.39, 0.29) is 11.7 Å². The van der Waals surface area contributed by atoms with Gasteiger partial charge in [0, 0.05) is 0 Å². The van der Waals surface area contributed by atoms with Crippen LogP contribution in [0.1, 0.15) is 71.1 Å². The first-order chi connectivity index (χ1) is 7.74. The monoisotopic (exact) mass is 226 g/mol. The molecule has 1 heterocycles. The van der Waals surface area contributed by atoms with Gasteiger partial charge in [0.2, 0.25) is 0 Å². The average Bonchev–Trinajstić information content (AvgIpc) is 2.88. The van der Waals surface area contributed by atoms with Gasteiger partial charge >= 0.3 is 0 Å². The minimum absolute atomic E-state index is 0.103. The summed E-state index contributed by atoms with van der Waals surface area (Å²) in [7, 11) is 0. The van der Waals surface area contributed by atoms with Gasteiger partial charge in [0.25, 0.3) is 0 Å². The first-order valence-corrected chi connectivity index (χ1v) is 7.10. The number of hydrogen-bond acceptors (Lipinski definition) is 2. The summed E-state index contributed by atoms with van der Waals surface area (Å²) in [6, 6.07) is 0. The lowest BCUT2D eigenvalue weighted by Crippen LogP contribution is -2.25. The van der Waals surface area contributed by atoms with E-state index in [1.54, 1.807) is 0 Å². The fourth-order valence-electron chi connectivity index (χ4n) is 3.34. The van der Waals surface area contributed by atoms with Gasteiger partial charge in [-0.25, -0.2) is 0 Å². The number of aliphatic hydroxyl groups is 1. The summed E-state index contributed by atoms with van der Waals surface area (Å²) in [4.78, 5) is 0. The Hall–Kier alpha value is -0.0800. The Morgan fingerprint density at radius 1 is 1.25 bits per heavy atom. The van der Waals surface area contributed by atoms with Crippen LogP contribution >= 0.6 is 0 Å². The second kappa shape index (κ2) is 5.50. The van der Waals surface area contributed by atoms with Crippen molar-refractivity contribution in [1.29, 1.82) is 0 Å². The van der Waals surface area contributed by atoms with Gasteiger partial charge in [-0.15, -0.1) is 0 Å². The molecule has 2 rings (SSSR count). The minimum Gasteiger partial charge on any atom is -0.393 e. The first kappa shape index (κ1) is 12.4. The molecular weight excluding hydrogens is 200 g/mol. The molecule has 0 aromatic rings. The van der Waals surface area contributed by atoms with Crippen LogP contribution in [-0.4, -0.2) is 22.9 Å². The van der Waals surface area contributed by atoms with Gasteiger partial charge in [-0.3, -0.25) is 0 Å². The van der Waals surface area contributed by atoms with Crippen molar-refractivity contribution < 1.29 is 9.84 Å². The zero-order valence-electron chi connectivity index (χ0n) is 10.6. The third-order valence-electron chi connectivity index (χ3n) is 4.30. The predicted molar refractivity (Wildman–Crippen MR) is 65.5 cm³/mol. The van der Waals surface area contributed by atoms with Crippen LogP contribution in [0.25, 0.3) is 0 Å². The van der Waals surface area contributed by atoms with Gasteiger partial charge in [-0.1, -0.05) is 26.2 Å². The molecule has 0 aromatic heterocycles. The van der Waals surface area contributed by atoms with E-state index >= 15 is 0 Å². The Kier molecular flexibility index (Phi) is 4.26. The van der Waals surface area contributed by atoms with Gasteiger partial charge in [0.15, 0.2) is 0 Å². The van der Waals surface area contributed by atoms with Gasteiger partial charge in [-0.2, -0.15) is 0 Å². The zero-order valence-corrected chi connectivity index (χ0v) is 10.6. The SMILES string of the molecule is CCCC(O)CCC1CCC2(CCCC2)O1. The smallest absolute Gasteiger partial charge is 0.0687 e. The molecule has 2 heteroatoms. The Bertz CT molecular complexity index is 209. The predicted octanol–water partition coefficient (Wildman–Crippen LogP) is 3.42. The molecule has 1 aliphatic heterocycles. The summed E-state index contributed by atoms with van der Waals surface area (Å²) in [6.07, 6.45) is 12.1. The lowest BCUT2D eigenvalue weighted by Gasteiger charge is -2.24. The highest BCUT2D eigenvalue weighted by Crippen LogP contribution is 2.44. The lowest BCUT2D eigenvalue weighted by molar-refractivity contribution is -0.0430. The number of ether oxygens (including phenoxy) is 1. The van der Waals surface area contributed by atoms with Crippen LogP contribution in [0.15, 0.2) is 0 Å². The zero-order chi connectivity index (χ0) is 11.4. The van der Waals surface area contributed by atoms with Crippen molar-refractivity contribution >= 4 is 0 Å². The molecule has 1 saturated carbocycles. The van der Waals surface area contributed by atoms with Crippen molar-refractivity contribution in [3.8, 4) is 0 Å². The van der Waals surface area contributed by atoms with E-state index in [9.17, 15) is 5.11 Å². The molecule has 0 amide bonds. The maximum absolute atomic E-state index is 9.71. The average molecular weight is 226 g/mol. The molecule has 1 N–H and O–H groups in total. The molecule has 2 atom stereocenters. The molecule has 2 nitrogen and oxygen atoms in total. The summed E-state index contributed by atoms with van der Waals surface area (Å²) in [5.74, 6) is 0. The quantitative estimate of drug-likeness (QED) is 0.778. The van der Waals surface area contributed by atoms with E-state index in [2.05, 4.69) is 6.92 Å². The second-order valence-corrected chi connectivity index (χ2v) is 5.69. The minimum atomic E-state index is -0.103. The van der Waals surface area contributed by atoms with Crippen LogP contribution < -0.4 is 0 Å². The molecule has 1 saturated heterocycles. The molecular formula is C14H26O2. The molecule has 2 fully saturated rings. The molecule has 0 bridgehead atoms. The highest BCUT2D eigenvalue weighted by atomic mass is 16.5. The van der Waals surface area contributed by atoms with E-state index in [4.69, 9.17) is 4.74 Å². The standard InChI is InChI=1S/C14H26O2/c1-2-5-12(15)6-7-13-8-11-14(16-13)9-3-4-10-14/h12-13,15H,2-11H2,1H3. The second-order valence-electron chi connectivity index (χ2n) is 5.69. The van der Waals surface area contributed by atoms with Crippen molar-refractivity contribution in [2.24, 2.45) is 0 Å². The Balaban J connectivity index is 1.68. The maximum atomic E-state index is 9.71. The highest BCUT2D eigenvalue weighted by molar-refractivity contribution is 4.92. The molecule has 1 aliphatic carbocycles.